The smallest absolute Gasteiger partial charge is 0.337 e. The van der Waals surface area contributed by atoms with Crippen molar-refractivity contribution in [2.24, 2.45) is 0 Å². The maximum Gasteiger partial charge on any atom is 0.337 e. The summed E-state index contributed by atoms with van der Waals surface area (Å²) in [7, 11) is 0. The molecule has 2 aromatic heterocycles. The van der Waals surface area contributed by atoms with E-state index in [1.54, 1.807) is 16.7 Å². The van der Waals surface area contributed by atoms with E-state index in [1.165, 1.54) is 0 Å². The van der Waals surface area contributed by atoms with Crippen LogP contribution in [0, 0.1) is 13.8 Å². The fourth-order valence-corrected chi connectivity index (χ4v) is 6.04. The largest absolute Gasteiger partial charge is 0.489 e. The fourth-order valence-electron chi connectivity index (χ4n) is 6.04. The van der Waals surface area contributed by atoms with Crippen molar-refractivity contribution in [3.05, 3.63) is 90.7 Å². The third-order valence-electron chi connectivity index (χ3n) is 8.39. The molecule has 1 atom stereocenters. The van der Waals surface area contributed by atoms with E-state index in [1.807, 2.05) is 58.0 Å². The van der Waals surface area contributed by atoms with Crippen LogP contribution in [0.2, 0.25) is 0 Å². The van der Waals surface area contributed by atoms with E-state index < -0.39 is 17.7 Å². The summed E-state index contributed by atoms with van der Waals surface area (Å²) in [5.74, 6) is 0.380. The number of hydrogen-bond donors (Lipinski definition) is 1. The second-order valence-electron chi connectivity index (χ2n) is 13.4. The molecule has 248 valence electrons. The second kappa shape index (κ2) is 13.7. The molecule has 2 aromatic carbocycles. The molecule has 1 fully saturated rings. The molecule has 0 amide bonds. The van der Waals surface area contributed by atoms with Crippen molar-refractivity contribution in [1.82, 2.24) is 14.6 Å². The van der Waals surface area contributed by atoms with Gasteiger partial charge in [-0.3, -0.25) is 0 Å². The summed E-state index contributed by atoms with van der Waals surface area (Å²) in [6, 6.07) is 16.3. The maximum atomic E-state index is 12.8. The highest BCUT2D eigenvalue weighted by Gasteiger charge is 2.37. The molecule has 9 heteroatoms. The van der Waals surface area contributed by atoms with Crippen LogP contribution in [0.5, 0.6) is 5.75 Å². The van der Waals surface area contributed by atoms with E-state index in [-0.39, 0.29) is 5.60 Å². The van der Waals surface area contributed by atoms with Gasteiger partial charge >= 0.3 is 5.97 Å². The van der Waals surface area contributed by atoms with Crippen LogP contribution in [0.1, 0.15) is 63.5 Å². The summed E-state index contributed by atoms with van der Waals surface area (Å²) in [5.41, 5.74) is 5.42. The van der Waals surface area contributed by atoms with Gasteiger partial charge in [0.2, 0.25) is 0 Å². The zero-order chi connectivity index (χ0) is 33.9. The standard InChI is InChI=1S/C38H46N4O5/c1-9-20-45-31-15-14-25(3)22-29(31)27-12-11-13-28(23-27)30-24-32-39-26(4)33(34(36(43)44)47-37(5,6)7)35(42(32)40-30)41-18-16-38(8,17-19-41)46-21-10-2/h9-15,22-24,34H,1-2,16-21H2,3-8H3,(H,43,44). The monoisotopic (exact) mass is 638 g/mol. The number of anilines is 1. The number of fused-ring (bicyclic) bond motifs is 1. The van der Waals surface area contributed by atoms with Crippen LogP contribution in [0.4, 0.5) is 5.82 Å². The van der Waals surface area contributed by atoms with E-state index in [4.69, 9.17) is 24.3 Å². The summed E-state index contributed by atoms with van der Waals surface area (Å²) in [5, 5.41) is 15.5. The number of rotatable bonds is 12. The maximum absolute atomic E-state index is 12.8. The number of aliphatic carboxylic acids is 1. The van der Waals surface area contributed by atoms with E-state index in [0.717, 1.165) is 46.5 Å². The van der Waals surface area contributed by atoms with Crippen molar-refractivity contribution in [2.75, 3.05) is 31.2 Å². The first-order valence-electron chi connectivity index (χ1n) is 16.1. The molecule has 1 aliphatic rings. The molecule has 0 aliphatic carbocycles. The zero-order valence-corrected chi connectivity index (χ0v) is 28.4. The molecule has 0 bridgehead atoms. The SMILES string of the molecule is C=CCOc1ccc(C)cc1-c1cccc(-c2cc3nc(C)c(C(OC(C)(C)C)C(=O)O)c(N4CCC(C)(OCC=C)CC4)n3n2)c1. The number of piperidine rings is 1. The van der Waals surface area contributed by atoms with Crippen molar-refractivity contribution >= 4 is 17.4 Å². The lowest BCUT2D eigenvalue weighted by Crippen LogP contribution is -2.45. The summed E-state index contributed by atoms with van der Waals surface area (Å²) >= 11 is 0. The van der Waals surface area contributed by atoms with Gasteiger partial charge in [0.05, 0.1) is 29.1 Å². The fraction of sp³-hybridized carbons (Fsp3) is 0.395. The molecule has 9 nitrogen and oxygen atoms in total. The van der Waals surface area contributed by atoms with Crippen LogP contribution in [-0.4, -0.2) is 63.2 Å². The summed E-state index contributed by atoms with van der Waals surface area (Å²) in [6.07, 6.45) is 3.77. The van der Waals surface area contributed by atoms with Crippen molar-refractivity contribution in [3.8, 4) is 28.1 Å². The van der Waals surface area contributed by atoms with E-state index in [9.17, 15) is 9.90 Å². The first-order valence-corrected chi connectivity index (χ1v) is 16.1. The quantitative estimate of drug-likeness (QED) is 0.157. The highest BCUT2D eigenvalue weighted by Crippen LogP contribution is 2.39. The number of aromatic nitrogens is 3. The minimum Gasteiger partial charge on any atom is -0.489 e. The molecule has 47 heavy (non-hydrogen) atoms. The van der Waals surface area contributed by atoms with Crippen molar-refractivity contribution in [1.29, 1.82) is 0 Å². The zero-order valence-electron chi connectivity index (χ0n) is 28.4. The lowest BCUT2D eigenvalue weighted by Gasteiger charge is -2.41. The van der Waals surface area contributed by atoms with Gasteiger partial charge in [-0.25, -0.2) is 9.78 Å². The molecular weight excluding hydrogens is 592 g/mol. The van der Waals surface area contributed by atoms with Gasteiger partial charge in [-0.05, 0) is 78.1 Å². The second-order valence-corrected chi connectivity index (χ2v) is 13.4. The van der Waals surface area contributed by atoms with Gasteiger partial charge in [-0.2, -0.15) is 9.61 Å². The third kappa shape index (κ3) is 7.58. The molecule has 3 heterocycles. The Balaban J connectivity index is 1.64. The molecule has 1 unspecified atom stereocenters. The Labute approximate surface area is 277 Å². The first kappa shape index (κ1) is 33.9. The predicted octanol–water partition coefficient (Wildman–Crippen LogP) is 7.75. The first-order chi connectivity index (χ1) is 22.3. The Morgan fingerprint density at radius 1 is 1.04 bits per heavy atom. The minimum absolute atomic E-state index is 0.306. The topological polar surface area (TPSA) is 98.4 Å². The number of nitrogens with zero attached hydrogens (tertiary/aromatic N) is 4. The molecule has 5 rings (SSSR count). The minimum atomic E-state index is -1.24. The highest BCUT2D eigenvalue weighted by atomic mass is 16.5. The van der Waals surface area contributed by atoms with Gasteiger partial charge < -0.3 is 24.2 Å². The van der Waals surface area contributed by atoms with Gasteiger partial charge in [-0.15, -0.1) is 6.58 Å². The predicted molar refractivity (Wildman–Crippen MR) is 186 cm³/mol. The molecule has 0 spiro atoms. The van der Waals surface area contributed by atoms with Gasteiger partial charge in [0, 0.05) is 36.0 Å². The number of carbonyl (C=O) groups is 1. The highest BCUT2D eigenvalue weighted by molar-refractivity contribution is 5.80. The van der Waals surface area contributed by atoms with Crippen molar-refractivity contribution in [2.45, 2.75) is 71.7 Å². The van der Waals surface area contributed by atoms with Crippen LogP contribution in [0.15, 0.2) is 73.8 Å². The average molecular weight is 639 g/mol. The Kier molecular flexibility index (Phi) is 9.89. The Morgan fingerprint density at radius 2 is 1.74 bits per heavy atom. The number of carboxylic acid groups (broad SMARTS) is 1. The lowest BCUT2D eigenvalue weighted by molar-refractivity contribution is -0.160. The van der Waals surface area contributed by atoms with Crippen LogP contribution in [-0.2, 0) is 14.3 Å². The number of aryl methyl sites for hydroxylation is 2. The summed E-state index contributed by atoms with van der Waals surface area (Å²) < 4.78 is 20.1. The van der Waals surface area contributed by atoms with Crippen LogP contribution in [0.3, 0.4) is 0 Å². The number of ether oxygens (including phenoxy) is 3. The molecule has 1 aliphatic heterocycles. The van der Waals surface area contributed by atoms with Crippen LogP contribution < -0.4 is 9.64 Å². The van der Waals surface area contributed by atoms with Gasteiger partial charge in [0.15, 0.2) is 11.8 Å². The lowest BCUT2D eigenvalue weighted by atomic mass is 9.92. The Bertz CT molecular complexity index is 1780. The number of hydrogen-bond acceptors (Lipinski definition) is 7. The summed E-state index contributed by atoms with van der Waals surface area (Å²) in [4.78, 5) is 19.9. The number of carboxylic acids is 1. The van der Waals surface area contributed by atoms with E-state index in [2.05, 4.69) is 50.1 Å². The Hall–Kier alpha value is -4.47. The van der Waals surface area contributed by atoms with Crippen LogP contribution >= 0.6 is 0 Å². The van der Waals surface area contributed by atoms with Crippen molar-refractivity contribution in [3.63, 3.8) is 0 Å². The molecule has 4 aromatic rings. The third-order valence-corrected chi connectivity index (χ3v) is 8.39. The molecular formula is C38H46N4O5. The summed E-state index contributed by atoms with van der Waals surface area (Å²) in [6.45, 7) is 21.3. The molecule has 0 radical (unpaired) electrons. The Morgan fingerprint density at radius 3 is 2.40 bits per heavy atom. The molecule has 0 saturated carbocycles. The average Bonchev–Trinajstić information content (AvgIpc) is 3.45. The molecule has 1 N–H and O–H groups in total. The molecule has 1 saturated heterocycles. The van der Waals surface area contributed by atoms with Gasteiger partial charge in [0.25, 0.3) is 0 Å². The van der Waals surface area contributed by atoms with Gasteiger partial charge in [0.1, 0.15) is 18.2 Å². The normalized spacial score (nSPS) is 15.4. The van der Waals surface area contributed by atoms with Crippen LogP contribution in [0.25, 0.3) is 28.0 Å². The van der Waals surface area contributed by atoms with Gasteiger partial charge in [-0.1, -0.05) is 48.6 Å². The van der Waals surface area contributed by atoms with Crippen molar-refractivity contribution < 1.29 is 24.1 Å². The number of benzene rings is 2. The van der Waals surface area contributed by atoms with E-state index in [0.29, 0.717) is 49.0 Å². The van der Waals surface area contributed by atoms with E-state index >= 15 is 0 Å².